The van der Waals surface area contributed by atoms with Crippen molar-refractivity contribution in [2.75, 3.05) is 22.7 Å². The van der Waals surface area contributed by atoms with Crippen molar-refractivity contribution in [3.63, 3.8) is 0 Å². The Kier molecular flexibility index (Phi) is 3.93. The van der Waals surface area contributed by atoms with E-state index in [2.05, 4.69) is 62.1 Å². The number of carbonyl (C=O) groups excluding carboxylic acids is 1. The van der Waals surface area contributed by atoms with Gasteiger partial charge >= 0.3 is 0 Å². The van der Waals surface area contributed by atoms with Crippen molar-refractivity contribution in [3.05, 3.63) is 29.8 Å². The number of para-hydroxylation sites is 1. The maximum Gasteiger partial charge on any atom is 0.222 e. The highest BCUT2D eigenvalue weighted by molar-refractivity contribution is 14.1. The van der Waals surface area contributed by atoms with Crippen molar-refractivity contribution in [1.29, 1.82) is 0 Å². The molecule has 1 aromatic rings. The van der Waals surface area contributed by atoms with Crippen LogP contribution in [0.3, 0.4) is 0 Å². The van der Waals surface area contributed by atoms with E-state index in [4.69, 9.17) is 0 Å². The number of anilines is 1. The van der Waals surface area contributed by atoms with Crippen LogP contribution >= 0.6 is 22.9 Å². The zero-order chi connectivity index (χ0) is 14.2. The first-order valence-corrected chi connectivity index (χ1v) is 8.43. The molecule has 3 rings (SSSR count). The fourth-order valence-corrected chi connectivity index (χ4v) is 4.63. The number of benzene rings is 1. The quantitative estimate of drug-likeness (QED) is 0.576. The number of likely N-dealkylation sites (tertiary alicyclic amines) is 1. The second-order valence-corrected chi connectivity index (χ2v) is 7.11. The van der Waals surface area contributed by atoms with Crippen molar-refractivity contribution in [3.8, 4) is 0 Å². The summed E-state index contributed by atoms with van der Waals surface area (Å²) >= 11 is 2.42. The highest BCUT2D eigenvalue weighted by Gasteiger charge is 2.44. The van der Waals surface area contributed by atoms with Gasteiger partial charge in [-0.25, -0.2) is 0 Å². The highest BCUT2D eigenvalue weighted by atomic mass is 127. The molecule has 1 amide bonds. The molecule has 2 heterocycles. The van der Waals surface area contributed by atoms with Gasteiger partial charge in [-0.3, -0.25) is 4.79 Å². The Hall–Kier alpha value is -0.780. The molecule has 3 nitrogen and oxygen atoms in total. The third-order valence-corrected chi connectivity index (χ3v) is 5.58. The number of carbonyl (C=O) groups is 1. The largest absolute Gasteiger partial charge is 0.343 e. The van der Waals surface area contributed by atoms with Gasteiger partial charge in [0.1, 0.15) is 0 Å². The molecule has 0 bridgehead atoms. The molecule has 1 saturated heterocycles. The Morgan fingerprint density at radius 1 is 1.30 bits per heavy atom. The molecule has 2 aliphatic rings. The molecule has 0 unspecified atom stereocenters. The first kappa shape index (κ1) is 14.2. The van der Waals surface area contributed by atoms with Crippen LogP contribution in [-0.4, -0.2) is 30.4 Å². The lowest BCUT2D eigenvalue weighted by atomic mass is 9.74. The predicted octanol–water partition coefficient (Wildman–Crippen LogP) is 3.52. The smallest absolute Gasteiger partial charge is 0.222 e. The molecule has 0 aromatic heterocycles. The van der Waals surface area contributed by atoms with E-state index in [-0.39, 0.29) is 5.41 Å². The van der Waals surface area contributed by atoms with Crippen LogP contribution in [0.4, 0.5) is 5.69 Å². The van der Waals surface area contributed by atoms with E-state index in [9.17, 15) is 4.79 Å². The number of fused-ring (bicyclic) bond motifs is 2. The Morgan fingerprint density at radius 2 is 2.00 bits per heavy atom. The maximum atomic E-state index is 12.0. The van der Waals surface area contributed by atoms with Crippen molar-refractivity contribution in [1.82, 2.24) is 4.90 Å². The number of hydrogen-bond donors (Lipinski definition) is 0. The van der Waals surface area contributed by atoms with Crippen LogP contribution in [0.25, 0.3) is 0 Å². The molecule has 2 aliphatic heterocycles. The number of rotatable bonds is 2. The van der Waals surface area contributed by atoms with Crippen LogP contribution in [0.2, 0.25) is 0 Å². The Labute approximate surface area is 134 Å². The van der Waals surface area contributed by atoms with E-state index in [0.29, 0.717) is 12.3 Å². The summed E-state index contributed by atoms with van der Waals surface area (Å²) in [6.45, 7) is 4.99. The summed E-state index contributed by atoms with van der Waals surface area (Å²) in [4.78, 5) is 14.1. The normalized spacial score (nSPS) is 20.3. The molecule has 0 atom stereocenters. The molecule has 0 radical (unpaired) electrons. The van der Waals surface area contributed by atoms with Crippen LogP contribution in [0.15, 0.2) is 24.3 Å². The molecule has 1 fully saturated rings. The Balaban J connectivity index is 1.77. The van der Waals surface area contributed by atoms with Crippen LogP contribution in [0, 0.1) is 0 Å². The van der Waals surface area contributed by atoms with Crippen molar-refractivity contribution in [2.45, 2.75) is 38.0 Å². The van der Waals surface area contributed by atoms with E-state index in [1.54, 1.807) is 0 Å². The monoisotopic (exact) mass is 384 g/mol. The minimum atomic E-state index is 0.265. The van der Waals surface area contributed by atoms with E-state index >= 15 is 0 Å². The van der Waals surface area contributed by atoms with Gasteiger partial charge in [0.25, 0.3) is 0 Å². The number of hydrogen-bond acceptors (Lipinski definition) is 2. The summed E-state index contributed by atoms with van der Waals surface area (Å²) in [7, 11) is 0. The Bertz CT molecular complexity index is 509. The standard InChI is InChI=1S/C16H21IN2O/c1-2-5-15(20)18-10-8-16(9-11-18)12-19(17)14-7-4-3-6-13(14)16/h3-4,6-7H,2,5,8-12H2,1H3. The zero-order valence-electron chi connectivity index (χ0n) is 11.9. The highest BCUT2D eigenvalue weighted by Crippen LogP contribution is 2.48. The summed E-state index contributed by atoms with van der Waals surface area (Å²) in [5.41, 5.74) is 3.11. The van der Waals surface area contributed by atoms with Gasteiger partial charge in [-0.1, -0.05) is 25.1 Å². The predicted molar refractivity (Wildman–Crippen MR) is 90.2 cm³/mol. The fourth-order valence-electron chi connectivity index (χ4n) is 3.55. The zero-order valence-corrected chi connectivity index (χ0v) is 14.1. The van der Waals surface area contributed by atoms with Crippen LogP contribution < -0.4 is 3.11 Å². The van der Waals surface area contributed by atoms with Crippen LogP contribution in [0.5, 0.6) is 0 Å². The van der Waals surface area contributed by atoms with Crippen LogP contribution in [-0.2, 0) is 10.2 Å². The van der Waals surface area contributed by atoms with Gasteiger partial charge < -0.3 is 8.01 Å². The van der Waals surface area contributed by atoms with Gasteiger partial charge in [0.15, 0.2) is 0 Å². The summed E-state index contributed by atoms with van der Waals surface area (Å²) in [5, 5.41) is 0. The molecule has 4 heteroatoms. The van der Waals surface area contributed by atoms with E-state index in [0.717, 1.165) is 38.9 Å². The lowest BCUT2D eigenvalue weighted by Crippen LogP contribution is -2.46. The number of nitrogens with zero attached hydrogens (tertiary/aromatic N) is 2. The van der Waals surface area contributed by atoms with Gasteiger partial charge in [-0.15, -0.1) is 0 Å². The summed E-state index contributed by atoms with van der Waals surface area (Å²) < 4.78 is 2.34. The molecule has 0 aliphatic carbocycles. The van der Waals surface area contributed by atoms with Gasteiger partial charge in [-0.2, -0.15) is 0 Å². The lowest BCUT2D eigenvalue weighted by molar-refractivity contribution is -0.132. The number of amides is 1. The minimum Gasteiger partial charge on any atom is -0.343 e. The maximum absolute atomic E-state index is 12.0. The molecule has 20 heavy (non-hydrogen) atoms. The average molecular weight is 384 g/mol. The van der Waals surface area contributed by atoms with Crippen molar-refractivity contribution in [2.24, 2.45) is 0 Å². The Morgan fingerprint density at radius 3 is 2.70 bits per heavy atom. The average Bonchev–Trinajstić information content (AvgIpc) is 2.74. The van der Waals surface area contributed by atoms with E-state index in [1.807, 2.05) is 0 Å². The topological polar surface area (TPSA) is 23.6 Å². The summed E-state index contributed by atoms with van der Waals surface area (Å²) in [6.07, 6.45) is 3.84. The minimum absolute atomic E-state index is 0.265. The molecule has 0 saturated carbocycles. The van der Waals surface area contributed by atoms with Gasteiger partial charge in [0.2, 0.25) is 5.91 Å². The number of halogens is 1. The SMILES string of the molecule is CCCC(=O)N1CCC2(CC1)CN(I)c1ccccc12. The molecule has 0 N–H and O–H groups in total. The third kappa shape index (κ3) is 2.32. The second-order valence-electron chi connectivity index (χ2n) is 5.95. The molecular formula is C16H21IN2O. The fraction of sp³-hybridized carbons (Fsp3) is 0.562. The molecule has 1 spiro atoms. The molecule has 1 aromatic carbocycles. The molecule has 108 valence electrons. The van der Waals surface area contributed by atoms with E-state index in [1.165, 1.54) is 11.3 Å². The van der Waals surface area contributed by atoms with Crippen LogP contribution in [0.1, 0.15) is 38.2 Å². The van der Waals surface area contributed by atoms with Crippen molar-refractivity contribution >= 4 is 34.5 Å². The number of piperidine rings is 1. The van der Waals surface area contributed by atoms with Crippen molar-refractivity contribution < 1.29 is 4.79 Å². The van der Waals surface area contributed by atoms with Gasteiger partial charge in [0.05, 0.1) is 22.9 Å². The molecular weight excluding hydrogens is 363 g/mol. The lowest BCUT2D eigenvalue weighted by Gasteiger charge is -2.39. The van der Waals surface area contributed by atoms with E-state index < -0.39 is 0 Å². The summed E-state index contributed by atoms with van der Waals surface area (Å²) in [5.74, 6) is 0.333. The second kappa shape index (κ2) is 5.54. The van der Waals surface area contributed by atoms with Gasteiger partial charge in [-0.05, 0) is 30.9 Å². The first-order chi connectivity index (χ1) is 9.66. The first-order valence-electron chi connectivity index (χ1n) is 7.47. The van der Waals surface area contributed by atoms with Gasteiger partial charge in [0, 0.05) is 37.2 Å². The summed E-state index contributed by atoms with van der Waals surface area (Å²) in [6, 6.07) is 8.75. The third-order valence-electron chi connectivity index (χ3n) is 4.72.